The molecule has 0 fully saturated rings. The molecule has 1 aromatic heterocycles. The van der Waals surface area contributed by atoms with Gasteiger partial charge in [-0.2, -0.15) is 0 Å². The number of fused-ring (bicyclic) bond motifs is 5. The van der Waals surface area contributed by atoms with Gasteiger partial charge in [0, 0.05) is 51.7 Å². The number of pyridine rings is 1. The summed E-state index contributed by atoms with van der Waals surface area (Å²) in [5, 5.41) is 15.5. The van der Waals surface area contributed by atoms with Crippen molar-refractivity contribution in [3.63, 3.8) is 0 Å². The summed E-state index contributed by atoms with van der Waals surface area (Å²) in [6.07, 6.45) is 0.369. The molecule has 3 aromatic rings. The number of ketones is 1. The number of carbonyl (C=O) groups is 1. The lowest BCUT2D eigenvalue weighted by Crippen LogP contribution is -2.24. The Kier molecular flexibility index (Phi) is 4.54. The number of benzene rings is 2. The number of halogens is 1. The fraction of sp³-hybridized carbons (Fsp3) is 0.158. The van der Waals surface area contributed by atoms with E-state index in [-0.39, 0.29) is 29.9 Å². The first-order valence-electron chi connectivity index (χ1n) is 8.64. The minimum absolute atomic E-state index is 0.0917. The Morgan fingerprint density at radius 1 is 1.14 bits per heavy atom. The van der Waals surface area contributed by atoms with E-state index in [0.717, 1.165) is 0 Å². The smallest absolute Gasteiger partial charge is 0.270 e. The quantitative estimate of drug-likeness (QED) is 0.120. The van der Waals surface area contributed by atoms with E-state index in [1.165, 1.54) is 22.8 Å². The van der Waals surface area contributed by atoms with Gasteiger partial charge in [0.25, 0.3) is 11.2 Å². The first kappa shape index (κ1) is 18.7. The molecule has 29 heavy (non-hydrogen) atoms. The Hall–Kier alpha value is -3.68. The third-order valence-corrected chi connectivity index (χ3v) is 5.11. The average molecular weight is 410 g/mol. The van der Waals surface area contributed by atoms with Crippen LogP contribution < -0.4 is 5.56 Å². The van der Waals surface area contributed by atoms with E-state index in [2.05, 4.69) is 10.0 Å². The molecule has 0 spiro atoms. The van der Waals surface area contributed by atoms with Gasteiger partial charge in [0.2, 0.25) is 0 Å². The normalized spacial score (nSPS) is 11.8. The fourth-order valence-corrected chi connectivity index (χ4v) is 3.84. The van der Waals surface area contributed by atoms with Gasteiger partial charge in [0.1, 0.15) is 0 Å². The highest BCUT2D eigenvalue weighted by molar-refractivity contribution is 6.33. The van der Waals surface area contributed by atoms with Gasteiger partial charge in [-0.05, 0) is 30.2 Å². The van der Waals surface area contributed by atoms with Crippen molar-refractivity contribution < 1.29 is 9.72 Å². The van der Waals surface area contributed by atoms with Gasteiger partial charge in [0.05, 0.1) is 21.6 Å². The second-order valence-electron chi connectivity index (χ2n) is 6.49. The zero-order chi connectivity index (χ0) is 20.7. The summed E-state index contributed by atoms with van der Waals surface area (Å²) in [4.78, 5) is 39.6. The van der Waals surface area contributed by atoms with E-state index in [4.69, 9.17) is 17.1 Å². The molecule has 4 rings (SSSR count). The summed E-state index contributed by atoms with van der Waals surface area (Å²) in [6.45, 7) is 0.361. The molecule has 0 amide bonds. The van der Waals surface area contributed by atoms with E-state index < -0.39 is 10.5 Å². The first-order chi connectivity index (χ1) is 13.9. The van der Waals surface area contributed by atoms with Crippen molar-refractivity contribution in [2.24, 2.45) is 5.11 Å². The lowest BCUT2D eigenvalue weighted by Gasteiger charge is -2.14. The van der Waals surface area contributed by atoms with Crippen molar-refractivity contribution in [3.05, 3.63) is 83.5 Å². The molecule has 0 N–H and O–H groups in total. The SMILES string of the molecule is [N-]=[N+]=NCCCn1c2c(c3ccc([N+](=O)[O-])cc3c1=O)C(=O)c1cc(Cl)ccc1-2. The summed E-state index contributed by atoms with van der Waals surface area (Å²) in [5.41, 5.74) is 9.50. The highest BCUT2D eigenvalue weighted by Gasteiger charge is 2.33. The van der Waals surface area contributed by atoms with Crippen LogP contribution in [0.4, 0.5) is 5.69 Å². The first-order valence-corrected chi connectivity index (χ1v) is 9.02. The summed E-state index contributed by atoms with van der Waals surface area (Å²) in [5.74, 6) is -0.292. The Labute approximate surface area is 167 Å². The van der Waals surface area contributed by atoms with Crippen LogP contribution in [0.25, 0.3) is 32.5 Å². The Bertz CT molecular complexity index is 1320. The summed E-state index contributed by atoms with van der Waals surface area (Å²) >= 11 is 6.05. The highest BCUT2D eigenvalue weighted by Crippen LogP contribution is 2.40. The van der Waals surface area contributed by atoms with Gasteiger partial charge in [-0.25, -0.2) is 0 Å². The zero-order valence-electron chi connectivity index (χ0n) is 14.8. The highest BCUT2D eigenvalue weighted by atomic mass is 35.5. The number of hydrogen-bond acceptors (Lipinski definition) is 5. The van der Waals surface area contributed by atoms with Gasteiger partial charge in [-0.3, -0.25) is 19.7 Å². The molecule has 0 aliphatic heterocycles. The number of nitro groups is 1. The van der Waals surface area contributed by atoms with Crippen LogP contribution in [0.1, 0.15) is 22.3 Å². The Morgan fingerprint density at radius 2 is 1.93 bits per heavy atom. The maximum atomic E-state index is 13.2. The molecule has 0 unspecified atom stereocenters. The second kappa shape index (κ2) is 7.05. The number of azide groups is 1. The van der Waals surface area contributed by atoms with Gasteiger partial charge in [-0.1, -0.05) is 22.8 Å². The number of nitrogens with zero attached hydrogens (tertiary/aromatic N) is 5. The van der Waals surface area contributed by atoms with E-state index in [9.17, 15) is 19.7 Å². The minimum atomic E-state index is -0.589. The number of hydrogen-bond donors (Lipinski definition) is 0. The summed E-state index contributed by atoms with van der Waals surface area (Å²) < 4.78 is 1.42. The molecule has 0 saturated carbocycles. The van der Waals surface area contributed by atoms with Crippen LogP contribution in [-0.2, 0) is 6.54 Å². The molecular weight excluding hydrogens is 398 g/mol. The monoisotopic (exact) mass is 409 g/mol. The van der Waals surface area contributed by atoms with Crippen molar-refractivity contribution >= 4 is 33.8 Å². The number of nitro benzene ring substituents is 1. The van der Waals surface area contributed by atoms with Crippen molar-refractivity contribution in [3.8, 4) is 11.3 Å². The standard InChI is InChI=1S/C19H12ClN5O4/c20-10-2-4-13-14(8-10)18(26)16-12-5-3-11(25(28)29)9-15(12)19(27)24(17(13)16)7-1-6-22-23-21/h2-5,8-9H,1,6-7H2. The third-order valence-electron chi connectivity index (χ3n) is 4.88. The lowest BCUT2D eigenvalue weighted by molar-refractivity contribution is -0.384. The molecule has 10 heteroatoms. The largest absolute Gasteiger partial charge is 0.307 e. The molecule has 0 bridgehead atoms. The second-order valence-corrected chi connectivity index (χ2v) is 6.93. The van der Waals surface area contributed by atoms with Crippen LogP contribution in [0.5, 0.6) is 0 Å². The topological polar surface area (TPSA) is 131 Å². The van der Waals surface area contributed by atoms with Gasteiger partial charge in [-0.15, -0.1) is 0 Å². The predicted octanol–water partition coefficient (Wildman–Crippen LogP) is 4.47. The maximum Gasteiger partial charge on any atom is 0.270 e. The number of non-ortho nitro benzene ring substituents is 1. The van der Waals surface area contributed by atoms with Crippen LogP contribution in [0.15, 0.2) is 46.3 Å². The van der Waals surface area contributed by atoms with Crippen molar-refractivity contribution in [2.45, 2.75) is 13.0 Å². The predicted molar refractivity (Wildman–Crippen MR) is 107 cm³/mol. The Morgan fingerprint density at radius 3 is 2.66 bits per heavy atom. The van der Waals surface area contributed by atoms with Crippen LogP contribution in [0.3, 0.4) is 0 Å². The van der Waals surface area contributed by atoms with Crippen LogP contribution in [-0.4, -0.2) is 21.8 Å². The molecule has 1 heterocycles. The van der Waals surface area contributed by atoms with E-state index in [1.807, 2.05) is 0 Å². The molecule has 0 saturated heterocycles. The van der Waals surface area contributed by atoms with Gasteiger partial charge < -0.3 is 4.57 Å². The van der Waals surface area contributed by atoms with Gasteiger partial charge >= 0.3 is 0 Å². The molecule has 0 radical (unpaired) electrons. The molecule has 1 aliphatic carbocycles. The fourth-order valence-electron chi connectivity index (χ4n) is 3.66. The lowest BCUT2D eigenvalue weighted by atomic mass is 10.0. The van der Waals surface area contributed by atoms with Crippen LogP contribution >= 0.6 is 11.6 Å². The number of carbonyl (C=O) groups excluding carboxylic acids is 1. The number of rotatable bonds is 5. The molecule has 144 valence electrons. The molecule has 1 aliphatic rings. The minimum Gasteiger partial charge on any atom is -0.307 e. The summed E-state index contributed by atoms with van der Waals surface area (Å²) in [7, 11) is 0. The van der Waals surface area contributed by atoms with Gasteiger partial charge in [0.15, 0.2) is 5.78 Å². The molecular formula is C19H12ClN5O4. The van der Waals surface area contributed by atoms with Crippen molar-refractivity contribution in [1.82, 2.24) is 4.57 Å². The third kappa shape index (κ3) is 2.93. The Balaban J connectivity index is 2.05. The average Bonchev–Trinajstić information content (AvgIpc) is 2.99. The van der Waals surface area contributed by atoms with Crippen LogP contribution in [0, 0.1) is 10.1 Å². The summed E-state index contributed by atoms with van der Waals surface area (Å²) in [6, 6.07) is 8.76. The molecule has 0 atom stereocenters. The van der Waals surface area contributed by atoms with E-state index in [0.29, 0.717) is 39.2 Å². The molecule has 2 aromatic carbocycles. The van der Waals surface area contributed by atoms with E-state index in [1.54, 1.807) is 18.2 Å². The van der Waals surface area contributed by atoms with E-state index >= 15 is 0 Å². The molecule has 9 nitrogen and oxygen atoms in total. The number of aromatic nitrogens is 1. The van der Waals surface area contributed by atoms with Crippen molar-refractivity contribution in [2.75, 3.05) is 6.54 Å². The zero-order valence-corrected chi connectivity index (χ0v) is 15.6. The maximum absolute atomic E-state index is 13.2. The van der Waals surface area contributed by atoms with Crippen LogP contribution in [0.2, 0.25) is 5.02 Å². The van der Waals surface area contributed by atoms with Crippen molar-refractivity contribution in [1.29, 1.82) is 0 Å².